The van der Waals surface area contributed by atoms with Crippen LogP contribution in [0.25, 0.3) is 0 Å². The maximum atomic E-state index is 10.9. The molecule has 0 bridgehead atoms. The Morgan fingerprint density at radius 3 is 2.67 bits per heavy atom. The average molecular weight is 210 g/mol. The molecular formula is C11H14O4. The number of carbonyl (C=O) groups excluding carboxylic acids is 3. The second-order valence-corrected chi connectivity index (χ2v) is 2.94. The first-order chi connectivity index (χ1) is 7.15. The molecule has 4 nitrogen and oxygen atoms in total. The number of hydrogen-bond donors (Lipinski definition) is 0. The Morgan fingerprint density at radius 2 is 2.20 bits per heavy atom. The Bertz CT molecular complexity index is 275. The van der Waals surface area contributed by atoms with Crippen LogP contribution < -0.4 is 0 Å². The van der Waals surface area contributed by atoms with Gasteiger partial charge in [-0.15, -0.1) is 6.42 Å². The van der Waals surface area contributed by atoms with Gasteiger partial charge in [0.05, 0.1) is 12.5 Å². The van der Waals surface area contributed by atoms with Crippen molar-refractivity contribution in [1.82, 2.24) is 0 Å². The van der Waals surface area contributed by atoms with E-state index in [4.69, 9.17) is 11.2 Å². The number of rotatable bonds is 7. The fourth-order valence-corrected chi connectivity index (χ4v) is 1.07. The van der Waals surface area contributed by atoms with E-state index in [2.05, 4.69) is 5.92 Å². The molecule has 0 aliphatic rings. The monoisotopic (exact) mass is 210 g/mol. The van der Waals surface area contributed by atoms with Gasteiger partial charge in [-0.05, 0) is 19.8 Å². The summed E-state index contributed by atoms with van der Waals surface area (Å²) in [5, 5.41) is 0. The first-order valence-corrected chi connectivity index (χ1v) is 4.76. The molecule has 0 aliphatic heterocycles. The van der Waals surface area contributed by atoms with E-state index in [-0.39, 0.29) is 18.7 Å². The lowest BCUT2D eigenvalue weighted by molar-refractivity contribution is -0.143. The maximum absolute atomic E-state index is 10.9. The van der Waals surface area contributed by atoms with Gasteiger partial charge in [0, 0.05) is 6.42 Å². The van der Waals surface area contributed by atoms with Crippen molar-refractivity contribution in [2.75, 3.05) is 6.61 Å². The van der Waals surface area contributed by atoms with E-state index >= 15 is 0 Å². The number of terminal acetylenes is 1. The molecule has 0 rings (SSSR count). The molecule has 0 spiro atoms. The first kappa shape index (κ1) is 13.4. The second-order valence-electron chi connectivity index (χ2n) is 2.94. The van der Waals surface area contributed by atoms with Gasteiger partial charge in [-0.25, -0.2) is 0 Å². The largest absolute Gasteiger partial charge is 0.466 e. The summed E-state index contributed by atoms with van der Waals surface area (Å²) in [6.07, 6.45) is 6.31. The van der Waals surface area contributed by atoms with Crippen LogP contribution in [0, 0.1) is 18.3 Å². The topological polar surface area (TPSA) is 60.4 Å². The molecule has 4 heteroatoms. The smallest absolute Gasteiger partial charge is 0.305 e. The lowest BCUT2D eigenvalue weighted by Gasteiger charge is -2.05. The van der Waals surface area contributed by atoms with Gasteiger partial charge in [0.2, 0.25) is 5.78 Å². The van der Waals surface area contributed by atoms with Gasteiger partial charge in [-0.1, -0.05) is 5.92 Å². The predicted octanol–water partition coefficient (Wildman–Crippen LogP) is 0.737. The third-order valence-corrected chi connectivity index (χ3v) is 1.84. The third-order valence-electron chi connectivity index (χ3n) is 1.84. The van der Waals surface area contributed by atoms with E-state index in [1.807, 2.05) is 0 Å². The summed E-state index contributed by atoms with van der Waals surface area (Å²) in [7, 11) is 0. The van der Waals surface area contributed by atoms with Crippen molar-refractivity contribution in [3.05, 3.63) is 0 Å². The van der Waals surface area contributed by atoms with Crippen molar-refractivity contribution in [1.29, 1.82) is 0 Å². The van der Waals surface area contributed by atoms with Crippen LogP contribution in [0.5, 0.6) is 0 Å². The fourth-order valence-electron chi connectivity index (χ4n) is 1.07. The fraction of sp³-hybridized carbons (Fsp3) is 0.545. The van der Waals surface area contributed by atoms with Crippen molar-refractivity contribution < 1.29 is 19.1 Å². The number of Topliss-reactive ketones (excluding diaryl/α,β-unsaturated/α-hetero) is 1. The number of aldehydes is 1. The van der Waals surface area contributed by atoms with Crippen LogP contribution >= 0.6 is 0 Å². The molecule has 0 aliphatic carbocycles. The molecule has 0 aromatic heterocycles. The Kier molecular flexibility index (Phi) is 6.90. The normalized spacial score (nSPS) is 11.2. The molecule has 0 radical (unpaired) electrons. The zero-order valence-corrected chi connectivity index (χ0v) is 8.69. The highest BCUT2D eigenvalue weighted by Crippen LogP contribution is 2.08. The van der Waals surface area contributed by atoms with Crippen LogP contribution in [0.4, 0.5) is 0 Å². The number of ether oxygens (including phenoxy) is 1. The minimum absolute atomic E-state index is 0.217. The Morgan fingerprint density at radius 1 is 1.53 bits per heavy atom. The lowest BCUT2D eigenvalue weighted by atomic mass is 9.99. The Hall–Kier alpha value is -1.63. The molecule has 0 aromatic carbocycles. The van der Waals surface area contributed by atoms with Crippen molar-refractivity contribution in [3.63, 3.8) is 0 Å². The minimum atomic E-state index is -0.711. The summed E-state index contributed by atoms with van der Waals surface area (Å²) in [4.78, 5) is 32.0. The highest BCUT2D eigenvalue weighted by atomic mass is 16.5. The van der Waals surface area contributed by atoms with Gasteiger partial charge in [0.15, 0.2) is 6.29 Å². The van der Waals surface area contributed by atoms with Crippen molar-refractivity contribution in [2.45, 2.75) is 26.2 Å². The van der Waals surface area contributed by atoms with Crippen LogP contribution in [-0.2, 0) is 19.1 Å². The quantitative estimate of drug-likeness (QED) is 0.269. The molecule has 0 aromatic rings. The SMILES string of the molecule is C#CC(CCCC(=O)OCC)C(=O)C=O. The minimum Gasteiger partial charge on any atom is -0.466 e. The van der Waals surface area contributed by atoms with Gasteiger partial charge in [0.25, 0.3) is 0 Å². The molecule has 1 unspecified atom stereocenters. The standard InChI is InChI=1S/C11H14O4/c1-3-9(10(13)8-12)6-5-7-11(14)15-4-2/h1,8-9H,4-7H2,2H3. The number of ketones is 1. The molecule has 0 saturated heterocycles. The third kappa shape index (κ3) is 5.63. The zero-order chi connectivity index (χ0) is 11.7. The number of carbonyl (C=O) groups is 3. The summed E-state index contributed by atoms with van der Waals surface area (Å²) in [6, 6.07) is 0. The Balaban J connectivity index is 3.84. The maximum Gasteiger partial charge on any atom is 0.305 e. The van der Waals surface area contributed by atoms with Gasteiger partial charge in [-0.2, -0.15) is 0 Å². The van der Waals surface area contributed by atoms with E-state index in [1.54, 1.807) is 6.92 Å². The van der Waals surface area contributed by atoms with E-state index in [1.165, 1.54) is 0 Å². The summed E-state index contributed by atoms with van der Waals surface area (Å²) in [6.45, 7) is 2.06. The molecule has 15 heavy (non-hydrogen) atoms. The van der Waals surface area contributed by atoms with E-state index in [0.717, 1.165) is 0 Å². The molecule has 82 valence electrons. The van der Waals surface area contributed by atoms with E-state index in [9.17, 15) is 14.4 Å². The van der Waals surface area contributed by atoms with Gasteiger partial charge in [0.1, 0.15) is 0 Å². The number of esters is 1. The van der Waals surface area contributed by atoms with Crippen LogP contribution in [0.3, 0.4) is 0 Å². The average Bonchev–Trinajstić information content (AvgIpc) is 2.24. The molecule has 0 amide bonds. The molecule has 1 atom stereocenters. The van der Waals surface area contributed by atoms with Gasteiger partial charge in [-0.3, -0.25) is 14.4 Å². The molecule has 0 N–H and O–H groups in total. The van der Waals surface area contributed by atoms with Crippen molar-refractivity contribution in [3.8, 4) is 12.3 Å². The van der Waals surface area contributed by atoms with Crippen LogP contribution in [-0.4, -0.2) is 24.6 Å². The van der Waals surface area contributed by atoms with Crippen molar-refractivity contribution >= 4 is 18.0 Å². The zero-order valence-electron chi connectivity index (χ0n) is 8.69. The lowest BCUT2D eigenvalue weighted by Crippen LogP contribution is -2.14. The second kappa shape index (κ2) is 7.74. The molecule has 0 fully saturated rings. The molecule has 0 heterocycles. The van der Waals surface area contributed by atoms with Crippen LogP contribution in [0.15, 0.2) is 0 Å². The molecular weight excluding hydrogens is 196 g/mol. The molecule has 0 saturated carbocycles. The van der Waals surface area contributed by atoms with Gasteiger partial charge >= 0.3 is 5.97 Å². The summed E-state index contributed by atoms with van der Waals surface area (Å²) < 4.78 is 4.70. The Labute approximate surface area is 89.0 Å². The summed E-state index contributed by atoms with van der Waals surface area (Å²) in [5.41, 5.74) is 0. The predicted molar refractivity (Wildman–Crippen MR) is 53.9 cm³/mol. The highest BCUT2D eigenvalue weighted by molar-refractivity contribution is 6.26. The summed E-state index contributed by atoms with van der Waals surface area (Å²) >= 11 is 0. The van der Waals surface area contributed by atoms with E-state index < -0.39 is 11.7 Å². The van der Waals surface area contributed by atoms with E-state index in [0.29, 0.717) is 19.4 Å². The van der Waals surface area contributed by atoms with Crippen molar-refractivity contribution in [2.24, 2.45) is 5.92 Å². The number of hydrogen-bond acceptors (Lipinski definition) is 4. The first-order valence-electron chi connectivity index (χ1n) is 4.76. The van der Waals surface area contributed by atoms with Crippen LogP contribution in [0.2, 0.25) is 0 Å². The van der Waals surface area contributed by atoms with Gasteiger partial charge < -0.3 is 4.74 Å². The summed E-state index contributed by atoms with van der Waals surface area (Å²) in [5.74, 6) is 0.591. The highest BCUT2D eigenvalue weighted by Gasteiger charge is 2.14. The van der Waals surface area contributed by atoms with Crippen LogP contribution in [0.1, 0.15) is 26.2 Å².